The van der Waals surface area contributed by atoms with Crippen molar-refractivity contribution in [3.05, 3.63) is 45.6 Å². The molecule has 1 unspecified atom stereocenters. The number of carbonyl (C=O) groups excluding carboxylic acids is 2. The van der Waals surface area contributed by atoms with Gasteiger partial charge in [0.05, 0.1) is 12.0 Å². The smallest absolute Gasteiger partial charge is 0.305 e. The second-order valence-electron chi connectivity index (χ2n) is 10.7. The first-order valence-corrected chi connectivity index (χ1v) is 13.6. The maximum atomic E-state index is 13.5. The summed E-state index contributed by atoms with van der Waals surface area (Å²) in [5.74, 6) is -0.586. The Morgan fingerprint density at radius 2 is 2.13 bits per heavy atom. The highest BCUT2D eigenvalue weighted by Gasteiger charge is 2.41. The summed E-state index contributed by atoms with van der Waals surface area (Å²) in [5, 5.41) is 14.2. The molecule has 4 N–H and O–H groups in total. The van der Waals surface area contributed by atoms with E-state index in [1.54, 1.807) is 5.43 Å². The van der Waals surface area contributed by atoms with Crippen LogP contribution < -0.4 is 16.5 Å². The Kier molecular flexibility index (Phi) is 9.05. The van der Waals surface area contributed by atoms with E-state index in [-0.39, 0.29) is 42.8 Å². The fourth-order valence-electron chi connectivity index (χ4n) is 6.06. The van der Waals surface area contributed by atoms with Gasteiger partial charge in [-0.2, -0.15) is 0 Å². The van der Waals surface area contributed by atoms with E-state index in [0.29, 0.717) is 38.3 Å². The number of aliphatic imine (C=N–C) groups is 1. The van der Waals surface area contributed by atoms with Gasteiger partial charge in [-0.1, -0.05) is 24.5 Å². The molecule has 1 aromatic carbocycles. The molecule has 1 aliphatic carbocycles. The van der Waals surface area contributed by atoms with E-state index in [0.717, 1.165) is 12.8 Å². The number of nitrogens with one attached hydrogen (secondary N) is 2. The van der Waals surface area contributed by atoms with Gasteiger partial charge >= 0.3 is 5.97 Å². The summed E-state index contributed by atoms with van der Waals surface area (Å²) in [6.45, 7) is 2.86. The molecule has 0 radical (unpaired) electrons. The van der Waals surface area contributed by atoms with E-state index in [4.69, 9.17) is 10.5 Å². The quantitative estimate of drug-likeness (QED) is 0.0971. The van der Waals surface area contributed by atoms with Crippen LogP contribution in [0.1, 0.15) is 56.1 Å². The number of ether oxygens (including phenoxy) is 1. The van der Waals surface area contributed by atoms with Crippen LogP contribution in [0.25, 0.3) is 10.9 Å². The van der Waals surface area contributed by atoms with Crippen LogP contribution in [0.2, 0.25) is 0 Å². The van der Waals surface area contributed by atoms with Crippen LogP contribution in [0, 0.1) is 16.0 Å². The molecule has 2 heterocycles. The zero-order valence-corrected chi connectivity index (χ0v) is 22.9. The number of hydrogen-bond donors (Lipinski definition) is 3. The van der Waals surface area contributed by atoms with E-state index >= 15 is 0 Å². The van der Waals surface area contributed by atoms with Crippen molar-refractivity contribution in [2.75, 3.05) is 26.7 Å². The molecule has 2 aromatic rings. The van der Waals surface area contributed by atoms with Gasteiger partial charge in [-0.05, 0) is 56.3 Å². The normalized spacial score (nSPS) is 21.7. The topological polar surface area (TPSA) is 157 Å². The number of esters is 1. The molecular formula is C27H39N7O5. The number of fused-ring (bicyclic) bond motifs is 2. The van der Waals surface area contributed by atoms with Crippen LogP contribution in [0.15, 0.2) is 29.4 Å². The van der Waals surface area contributed by atoms with Crippen molar-refractivity contribution in [1.29, 1.82) is 0 Å². The first-order valence-electron chi connectivity index (χ1n) is 13.6. The minimum Gasteiger partial charge on any atom is -0.463 e. The Balaban J connectivity index is 1.43. The number of hydrogen-bond acceptors (Lipinski definition) is 7. The van der Waals surface area contributed by atoms with E-state index in [2.05, 4.69) is 58.3 Å². The number of nitro groups is 1. The van der Waals surface area contributed by atoms with Gasteiger partial charge in [0.15, 0.2) is 5.03 Å². The van der Waals surface area contributed by atoms with E-state index < -0.39 is 11.1 Å². The second kappa shape index (κ2) is 12.5. The minimum absolute atomic E-state index is 0.0547. The minimum atomic E-state index is -0.772. The highest BCUT2D eigenvalue weighted by Crippen LogP contribution is 2.44. The van der Waals surface area contributed by atoms with Gasteiger partial charge in [0.25, 0.3) is 5.96 Å². The van der Waals surface area contributed by atoms with Crippen molar-refractivity contribution < 1.29 is 19.4 Å². The van der Waals surface area contributed by atoms with E-state index in [9.17, 15) is 19.7 Å². The number of likely N-dealkylation sites (tertiary alicyclic amines) is 1. The van der Waals surface area contributed by atoms with Gasteiger partial charge in [0.2, 0.25) is 5.91 Å². The third-order valence-corrected chi connectivity index (χ3v) is 7.85. The van der Waals surface area contributed by atoms with Crippen molar-refractivity contribution >= 4 is 28.7 Å². The maximum absolute atomic E-state index is 13.5. The molecule has 1 aliphatic heterocycles. The lowest BCUT2D eigenvalue weighted by atomic mass is 9.72. The fraction of sp³-hybridized carbons (Fsp3) is 0.593. The monoisotopic (exact) mass is 541 g/mol. The van der Waals surface area contributed by atoms with Crippen LogP contribution in [0.4, 0.5) is 0 Å². The molecule has 1 saturated heterocycles. The lowest BCUT2D eigenvalue weighted by Gasteiger charge is -2.45. The lowest BCUT2D eigenvalue weighted by molar-refractivity contribution is -0.525. The van der Waals surface area contributed by atoms with Crippen molar-refractivity contribution in [1.82, 2.24) is 20.2 Å². The van der Waals surface area contributed by atoms with Crippen LogP contribution >= 0.6 is 0 Å². The molecule has 2 aliphatic rings. The third-order valence-electron chi connectivity index (χ3n) is 7.85. The van der Waals surface area contributed by atoms with Gasteiger partial charge in [-0.15, -0.1) is 0 Å². The zero-order valence-electron chi connectivity index (χ0n) is 22.9. The maximum Gasteiger partial charge on any atom is 0.305 e. The Labute approximate surface area is 228 Å². The molecule has 39 heavy (non-hydrogen) atoms. The number of nitrogens with two attached hydrogens (primary N) is 1. The fourth-order valence-corrected chi connectivity index (χ4v) is 6.06. The molecule has 12 nitrogen and oxygen atoms in total. The average Bonchev–Trinajstić information content (AvgIpc) is 3.21. The van der Waals surface area contributed by atoms with Crippen molar-refractivity contribution in [2.45, 2.75) is 63.5 Å². The summed E-state index contributed by atoms with van der Waals surface area (Å²) in [6.07, 6.45) is 5.94. The van der Waals surface area contributed by atoms with Crippen LogP contribution in [0.3, 0.4) is 0 Å². The van der Waals surface area contributed by atoms with Gasteiger partial charge in [-0.3, -0.25) is 9.59 Å². The Bertz CT molecular complexity index is 1240. The Hall–Kier alpha value is -3.67. The third kappa shape index (κ3) is 6.67. The predicted molar refractivity (Wildman–Crippen MR) is 148 cm³/mol. The molecule has 12 heteroatoms. The number of piperidine rings is 1. The highest BCUT2D eigenvalue weighted by atomic mass is 16.7. The van der Waals surface area contributed by atoms with Gasteiger partial charge < -0.3 is 25.3 Å². The number of rotatable bonds is 11. The number of amides is 1. The molecule has 1 aromatic heterocycles. The second-order valence-corrected chi connectivity index (χ2v) is 10.7. The number of guanidine groups is 1. The van der Waals surface area contributed by atoms with Gasteiger partial charge in [0.1, 0.15) is 6.61 Å². The number of likely N-dealkylation sites (N-methyl/N-ethyl adjacent to an activating group) is 1. The van der Waals surface area contributed by atoms with Crippen molar-refractivity contribution in [3.63, 3.8) is 0 Å². The number of aromatic nitrogens is 1. The van der Waals surface area contributed by atoms with E-state index in [1.165, 1.54) is 22.0 Å². The predicted octanol–water partition coefficient (Wildman–Crippen LogP) is 1.84. The SMILES string of the molecule is CCCC(=O)OCC(CCCN=C(N)N[N+](=O)[O-])NC(=O)[C@@H]1C[C@@H]2c3cccc4c3c(cn4C)C[C@H]2N(C)C1. The number of carbonyl (C=O) groups is 2. The molecule has 1 amide bonds. The largest absolute Gasteiger partial charge is 0.463 e. The summed E-state index contributed by atoms with van der Waals surface area (Å²) >= 11 is 0. The van der Waals surface area contributed by atoms with Gasteiger partial charge in [0, 0.05) is 55.6 Å². The molecule has 0 spiro atoms. The molecule has 4 atom stereocenters. The van der Waals surface area contributed by atoms with Crippen molar-refractivity contribution in [2.24, 2.45) is 23.7 Å². The first kappa shape index (κ1) is 28.3. The summed E-state index contributed by atoms with van der Waals surface area (Å²) in [5.41, 5.74) is 11.2. The van der Waals surface area contributed by atoms with Crippen LogP contribution in [-0.2, 0) is 27.8 Å². The average molecular weight is 542 g/mol. The molecule has 4 rings (SSSR count). The van der Waals surface area contributed by atoms with Crippen molar-refractivity contribution in [3.8, 4) is 0 Å². The summed E-state index contributed by atoms with van der Waals surface area (Å²) in [6, 6.07) is 6.40. The molecule has 1 fully saturated rings. The molecule has 0 bridgehead atoms. The Morgan fingerprint density at radius 1 is 1.33 bits per heavy atom. The molecular weight excluding hydrogens is 502 g/mol. The summed E-state index contributed by atoms with van der Waals surface area (Å²) in [4.78, 5) is 42.3. The summed E-state index contributed by atoms with van der Waals surface area (Å²) in [7, 11) is 4.17. The Morgan fingerprint density at radius 3 is 2.87 bits per heavy atom. The van der Waals surface area contributed by atoms with Crippen LogP contribution in [0.5, 0.6) is 0 Å². The van der Waals surface area contributed by atoms with Gasteiger partial charge in [-0.25, -0.2) is 15.1 Å². The highest BCUT2D eigenvalue weighted by molar-refractivity contribution is 5.89. The standard InChI is InChI=1S/C27H39N7O5/c1-4-7-24(35)39-16-19(8-6-11-29-27(28)31-34(37)38)30-26(36)18-12-21-20-9-5-10-22-25(20)17(14-32(22)2)13-23(21)33(3)15-18/h5,9-10,14,18-19,21,23H,4,6-8,11-13,15-16H2,1-3H3,(H,30,36)(H3,28,29,31)/t18-,19?,21-,23-/m1/s1. The van der Waals surface area contributed by atoms with Crippen LogP contribution in [-0.4, -0.2) is 71.2 Å². The number of nitrogens with zero attached hydrogens (tertiary/aromatic N) is 4. The zero-order chi connectivity index (χ0) is 28.1. The number of hydrazine groups is 1. The van der Waals surface area contributed by atoms with E-state index in [1.807, 2.05) is 6.92 Å². The lowest BCUT2D eigenvalue weighted by Crippen LogP contribution is -2.53. The number of aryl methyl sites for hydroxylation is 1. The summed E-state index contributed by atoms with van der Waals surface area (Å²) < 4.78 is 7.61. The molecule has 212 valence electrons. The first-order chi connectivity index (χ1) is 18.7. The number of benzene rings is 1. The molecule has 0 saturated carbocycles.